The van der Waals surface area contributed by atoms with Crippen LogP contribution in [0.1, 0.15) is 82.4 Å². The van der Waals surface area contributed by atoms with Crippen LogP contribution in [0, 0.1) is 17.8 Å². The molecule has 1 aliphatic rings. The van der Waals surface area contributed by atoms with Crippen LogP contribution >= 0.6 is 0 Å². The predicted molar refractivity (Wildman–Crippen MR) is 223 cm³/mol. The van der Waals surface area contributed by atoms with Crippen LogP contribution in [0.15, 0.2) is 107 Å². The maximum absolute atomic E-state index is 10.3. The number of rotatable bonds is 16. The van der Waals surface area contributed by atoms with Crippen molar-refractivity contribution in [3.63, 3.8) is 0 Å². The molecular weight excluding hydrogens is 769 g/mol. The van der Waals surface area contributed by atoms with Gasteiger partial charge in [-0.15, -0.1) is 0 Å². The van der Waals surface area contributed by atoms with Crippen LogP contribution in [0.3, 0.4) is 0 Å². The summed E-state index contributed by atoms with van der Waals surface area (Å²) >= 11 is 0. The van der Waals surface area contributed by atoms with Crippen molar-refractivity contribution in [3.05, 3.63) is 83.4 Å². The van der Waals surface area contributed by atoms with Gasteiger partial charge in [0, 0.05) is 0 Å². The molecule has 16 nitrogen and oxygen atoms in total. The predicted octanol–water partition coefficient (Wildman–Crippen LogP) is 8.60. The highest BCUT2D eigenvalue weighted by atomic mass is 16.1. The Morgan fingerprint density at radius 2 is 1.10 bits per heavy atom. The maximum atomic E-state index is 10.3. The van der Waals surface area contributed by atoms with E-state index in [1.165, 1.54) is 42.5 Å². The molecule has 1 saturated carbocycles. The lowest BCUT2D eigenvalue weighted by molar-refractivity contribution is 0.0915. The lowest BCUT2D eigenvalue weighted by Crippen LogP contribution is -2.39. The van der Waals surface area contributed by atoms with Crippen molar-refractivity contribution < 1.29 is 38.4 Å². The summed E-state index contributed by atoms with van der Waals surface area (Å²) < 4.78 is 0. The first kappa shape index (κ1) is 50.7. The lowest BCUT2D eigenvalue weighted by atomic mass is 9.63. The number of carbonyl (C=O) groups excluding carboxylic acids is 8. The first-order chi connectivity index (χ1) is 28.9. The second-order valence-electron chi connectivity index (χ2n) is 14.5. The van der Waals surface area contributed by atoms with Crippen molar-refractivity contribution in [2.24, 2.45) is 50.8 Å². The average molecular weight is 815 g/mol. The second kappa shape index (κ2) is 29.9. The van der Waals surface area contributed by atoms with E-state index in [-0.39, 0.29) is 16.9 Å². The number of hydrogen-bond acceptors (Lipinski definition) is 16. The third-order valence-corrected chi connectivity index (χ3v) is 8.74. The van der Waals surface area contributed by atoms with Gasteiger partial charge in [-0.25, -0.2) is 58.3 Å². The summed E-state index contributed by atoms with van der Waals surface area (Å²) in [4.78, 5) is 108. The summed E-state index contributed by atoms with van der Waals surface area (Å²) in [5.74, 6) is 0. The fraction of sp³-hybridized carbons (Fsp3) is 0.409. The van der Waals surface area contributed by atoms with Gasteiger partial charge in [0.1, 0.15) is 0 Å². The molecule has 16 heteroatoms. The van der Waals surface area contributed by atoms with Crippen LogP contribution in [0.4, 0.5) is 22.7 Å². The molecule has 2 atom stereocenters. The van der Waals surface area contributed by atoms with Gasteiger partial charge in [-0.3, -0.25) is 0 Å². The number of unbranched alkanes of at least 4 members (excludes halogenated alkanes) is 3. The fourth-order valence-electron chi connectivity index (χ4n) is 6.57. The summed E-state index contributed by atoms with van der Waals surface area (Å²) in [5, 5.41) is 0. The highest BCUT2D eigenvalue weighted by molar-refractivity contribution is 5.61. The van der Waals surface area contributed by atoms with Gasteiger partial charge < -0.3 is 0 Å². The molecule has 0 spiro atoms. The maximum Gasteiger partial charge on any atom is 0.240 e. The van der Waals surface area contributed by atoms with Crippen molar-refractivity contribution in [2.75, 3.05) is 19.6 Å². The Kier molecular flexibility index (Phi) is 25.3. The molecule has 3 aromatic rings. The lowest BCUT2D eigenvalue weighted by Gasteiger charge is -2.44. The number of benzene rings is 3. The van der Waals surface area contributed by atoms with Crippen molar-refractivity contribution in [3.8, 4) is 0 Å². The molecule has 3 aromatic carbocycles. The average Bonchev–Trinajstić information content (AvgIpc) is 3.21. The van der Waals surface area contributed by atoms with Crippen LogP contribution < -0.4 is 0 Å². The number of aryl methyl sites for hydroxylation is 1. The third kappa shape index (κ3) is 22.4. The van der Waals surface area contributed by atoms with Gasteiger partial charge in [-0.05, 0) is 109 Å². The van der Waals surface area contributed by atoms with Gasteiger partial charge >= 0.3 is 0 Å². The molecule has 4 rings (SSSR count). The molecule has 0 saturated heterocycles. The zero-order valence-electron chi connectivity index (χ0n) is 34.1. The van der Waals surface area contributed by atoms with Gasteiger partial charge in [0.05, 0.1) is 48.4 Å². The molecule has 1 aliphatic carbocycles. The van der Waals surface area contributed by atoms with Crippen LogP contribution in [0.25, 0.3) is 0 Å². The monoisotopic (exact) mass is 814 g/mol. The van der Waals surface area contributed by atoms with Gasteiger partial charge in [0.15, 0.2) is 0 Å². The number of hydrogen-bond donors (Lipinski definition) is 0. The summed E-state index contributed by atoms with van der Waals surface area (Å²) in [6.45, 7) is 9.77. The largest absolute Gasteiger partial charge is 0.240 e. The van der Waals surface area contributed by atoms with E-state index in [0.717, 1.165) is 61.6 Å². The molecule has 60 heavy (non-hydrogen) atoms. The highest BCUT2D eigenvalue weighted by Crippen LogP contribution is 2.47. The molecule has 0 amide bonds. The summed E-state index contributed by atoms with van der Waals surface area (Å²) in [6.07, 6.45) is 19.3. The van der Waals surface area contributed by atoms with Gasteiger partial charge in [0.2, 0.25) is 48.6 Å². The molecule has 2 unspecified atom stereocenters. The minimum atomic E-state index is -0.0653. The van der Waals surface area contributed by atoms with E-state index in [1.54, 1.807) is 49.4 Å². The minimum absolute atomic E-state index is 0.00750. The second-order valence-corrected chi connectivity index (χ2v) is 14.5. The molecule has 0 heterocycles. The van der Waals surface area contributed by atoms with Crippen molar-refractivity contribution >= 4 is 71.4 Å². The van der Waals surface area contributed by atoms with Crippen molar-refractivity contribution in [2.45, 2.75) is 85.1 Å². The SMILES string of the molecule is CC1(C)CC(N=C=O)CC(C)(CN=C=O)C1.Cc1ccc(N=C=O)cc1N=C=O.O=C=NCCCCCCN=C=O.O=C=Nc1ccc(Cc2cccc(N=C=O)c2)cc1. The van der Waals surface area contributed by atoms with Gasteiger partial charge in [0.25, 0.3) is 0 Å². The van der Waals surface area contributed by atoms with Crippen LogP contribution in [-0.4, -0.2) is 74.3 Å². The Bertz CT molecular complexity index is 2210. The normalized spacial score (nSPS) is 15.0. The molecule has 0 bridgehead atoms. The Morgan fingerprint density at radius 3 is 1.65 bits per heavy atom. The van der Waals surface area contributed by atoms with Crippen molar-refractivity contribution in [1.29, 1.82) is 0 Å². The van der Waals surface area contributed by atoms with E-state index in [2.05, 4.69) is 60.7 Å². The van der Waals surface area contributed by atoms with Crippen molar-refractivity contribution in [1.82, 2.24) is 0 Å². The Labute approximate surface area is 348 Å². The molecule has 310 valence electrons. The Hall–Kier alpha value is -7.30. The zero-order chi connectivity index (χ0) is 44.5. The molecule has 1 fully saturated rings. The summed E-state index contributed by atoms with van der Waals surface area (Å²) in [5.41, 5.74) is 5.07. The first-order valence-electron chi connectivity index (χ1n) is 18.7. The smallest absolute Gasteiger partial charge is 0.211 e. The number of nitrogens with zero attached hydrogens (tertiary/aromatic N) is 8. The number of isocyanates is 8. The fourth-order valence-corrected chi connectivity index (χ4v) is 6.57. The number of aliphatic imine (C=N–C) groups is 8. The van der Waals surface area contributed by atoms with Crippen LogP contribution in [0.5, 0.6) is 0 Å². The van der Waals surface area contributed by atoms with E-state index < -0.39 is 0 Å². The van der Waals surface area contributed by atoms with Crippen LogP contribution in [-0.2, 0) is 44.8 Å². The Balaban J connectivity index is 0.000000407. The van der Waals surface area contributed by atoms with E-state index in [4.69, 9.17) is 0 Å². The highest BCUT2D eigenvalue weighted by Gasteiger charge is 2.41. The molecular formula is C44H46N8O8. The molecule has 0 radical (unpaired) electrons. The third-order valence-electron chi connectivity index (χ3n) is 8.74. The molecule has 0 aromatic heterocycles. The first-order valence-corrected chi connectivity index (χ1v) is 18.7. The minimum Gasteiger partial charge on any atom is -0.211 e. The standard InChI is InChI=1S/C15H10N2O2.C12H18N2O2.C9H6N2O2.C8H12N2O2/c18-10-16-14-6-4-12(5-7-14)8-13-2-1-3-15(9-13)17-11-19;1-11(2)4-10(14-9-16)5-12(3,6-11)7-13-8-15;1-7-2-3-8(10-5-12)4-9(7)11-6-13;11-7-9-5-3-1-2-4-6-10-8-12/h1-7,9H,8H2;10H,4-7H2,1-3H3;2-4H,1H3;1-6H2. The van der Waals surface area contributed by atoms with Gasteiger partial charge in [-0.2, -0.15) is 20.0 Å². The van der Waals surface area contributed by atoms with E-state index >= 15 is 0 Å². The zero-order valence-corrected chi connectivity index (χ0v) is 34.1. The van der Waals surface area contributed by atoms with E-state index in [9.17, 15) is 38.4 Å². The van der Waals surface area contributed by atoms with E-state index in [1.807, 2.05) is 30.3 Å². The molecule has 0 N–H and O–H groups in total. The van der Waals surface area contributed by atoms with Crippen LogP contribution in [0.2, 0.25) is 0 Å². The molecule has 0 aliphatic heterocycles. The summed E-state index contributed by atoms with van der Waals surface area (Å²) in [7, 11) is 0. The summed E-state index contributed by atoms with van der Waals surface area (Å²) in [6, 6.07) is 19.6. The quantitative estimate of drug-likeness (QED) is 0.0769. The topological polar surface area (TPSA) is 235 Å². The Morgan fingerprint density at radius 1 is 0.550 bits per heavy atom. The van der Waals surface area contributed by atoms with Gasteiger partial charge in [-0.1, -0.05) is 63.9 Å². The van der Waals surface area contributed by atoms with E-state index in [0.29, 0.717) is 48.8 Å².